The third kappa shape index (κ3) is 2.89. The summed E-state index contributed by atoms with van der Waals surface area (Å²) in [6.07, 6.45) is 1.99. The van der Waals surface area contributed by atoms with Crippen LogP contribution in [0.5, 0.6) is 0 Å². The zero-order chi connectivity index (χ0) is 13.8. The van der Waals surface area contributed by atoms with Crippen molar-refractivity contribution < 1.29 is 0 Å². The number of fused-ring (bicyclic) bond motifs is 1. The molecule has 3 aromatic rings. The Kier molecular flexibility index (Phi) is 3.80. The Balaban J connectivity index is 1.70. The van der Waals surface area contributed by atoms with Crippen LogP contribution in [0, 0.1) is 0 Å². The first-order chi connectivity index (χ1) is 9.83. The maximum atomic E-state index is 6.26. The first-order valence-electron chi connectivity index (χ1n) is 7.11. The van der Waals surface area contributed by atoms with Gasteiger partial charge >= 0.3 is 0 Å². The number of nitrogens with two attached hydrogens (primary N) is 1. The van der Waals surface area contributed by atoms with Crippen molar-refractivity contribution in [3.05, 3.63) is 83.9 Å². The Morgan fingerprint density at radius 1 is 0.750 bits per heavy atom. The lowest BCUT2D eigenvalue weighted by atomic mass is 9.98. The van der Waals surface area contributed by atoms with E-state index in [1.54, 1.807) is 0 Å². The highest BCUT2D eigenvalue weighted by atomic mass is 14.6. The second-order valence-corrected chi connectivity index (χ2v) is 5.24. The topological polar surface area (TPSA) is 26.0 Å². The second kappa shape index (κ2) is 5.89. The van der Waals surface area contributed by atoms with Gasteiger partial charge < -0.3 is 5.73 Å². The normalized spacial score (nSPS) is 12.4. The van der Waals surface area contributed by atoms with Crippen molar-refractivity contribution in [2.24, 2.45) is 5.73 Å². The molecule has 100 valence electrons. The van der Waals surface area contributed by atoms with E-state index in [4.69, 9.17) is 5.73 Å². The Morgan fingerprint density at radius 2 is 1.45 bits per heavy atom. The minimum Gasteiger partial charge on any atom is -0.324 e. The molecule has 1 heteroatoms. The number of hydrogen-bond donors (Lipinski definition) is 1. The third-order valence-electron chi connectivity index (χ3n) is 3.79. The monoisotopic (exact) mass is 261 g/mol. The molecular formula is C19H19N. The van der Waals surface area contributed by atoms with Crippen LogP contribution in [-0.4, -0.2) is 0 Å². The molecule has 0 aliphatic carbocycles. The lowest BCUT2D eigenvalue weighted by Crippen LogP contribution is -2.11. The Bertz CT molecular complexity index is 688. The quantitative estimate of drug-likeness (QED) is 0.736. The molecule has 0 aliphatic rings. The van der Waals surface area contributed by atoms with Gasteiger partial charge in [-0.1, -0.05) is 72.8 Å². The molecule has 0 aromatic heterocycles. The van der Waals surface area contributed by atoms with E-state index in [0.717, 1.165) is 12.8 Å². The molecule has 2 N–H and O–H groups in total. The van der Waals surface area contributed by atoms with Crippen LogP contribution < -0.4 is 5.73 Å². The number of aryl methyl sites for hydroxylation is 1. The summed E-state index contributed by atoms with van der Waals surface area (Å²) in [7, 11) is 0. The summed E-state index contributed by atoms with van der Waals surface area (Å²) in [5.74, 6) is 0. The fourth-order valence-corrected chi connectivity index (χ4v) is 2.58. The maximum absolute atomic E-state index is 6.26. The van der Waals surface area contributed by atoms with Crippen molar-refractivity contribution in [2.45, 2.75) is 18.9 Å². The molecule has 0 saturated carbocycles. The van der Waals surface area contributed by atoms with Crippen LogP contribution in [0.3, 0.4) is 0 Å². The van der Waals surface area contributed by atoms with Gasteiger partial charge in [-0.3, -0.25) is 0 Å². The van der Waals surface area contributed by atoms with Gasteiger partial charge in [-0.15, -0.1) is 0 Å². The van der Waals surface area contributed by atoms with Gasteiger partial charge in [0.25, 0.3) is 0 Å². The lowest BCUT2D eigenvalue weighted by Gasteiger charge is -2.12. The highest BCUT2D eigenvalue weighted by molar-refractivity contribution is 5.82. The van der Waals surface area contributed by atoms with Crippen LogP contribution >= 0.6 is 0 Å². The van der Waals surface area contributed by atoms with E-state index in [1.165, 1.54) is 21.9 Å². The van der Waals surface area contributed by atoms with Gasteiger partial charge in [-0.25, -0.2) is 0 Å². The predicted octanol–water partition coefficient (Wildman–Crippen LogP) is 4.47. The van der Waals surface area contributed by atoms with Crippen molar-refractivity contribution in [2.75, 3.05) is 0 Å². The molecule has 3 aromatic carbocycles. The summed E-state index contributed by atoms with van der Waals surface area (Å²) in [6.45, 7) is 0. The number of rotatable bonds is 4. The van der Waals surface area contributed by atoms with Gasteiger partial charge in [0, 0.05) is 6.04 Å². The SMILES string of the molecule is NC(CCc1ccc2ccccc2c1)c1ccccc1. The van der Waals surface area contributed by atoms with Gasteiger partial charge in [0.2, 0.25) is 0 Å². The van der Waals surface area contributed by atoms with E-state index in [1.807, 2.05) is 18.2 Å². The maximum Gasteiger partial charge on any atom is 0.0298 e. The lowest BCUT2D eigenvalue weighted by molar-refractivity contribution is 0.652. The van der Waals surface area contributed by atoms with E-state index >= 15 is 0 Å². The number of hydrogen-bond acceptors (Lipinski definition) is 1. The highest BCUT2D eigenvalue weighted by Crippen LogP contribution is 2.20. The fraction of sp³-hybridized carbons (Fsp3) is 0.158. The molecule has 3 rings (SSSR count). The van der Waals surface area contributed by atoms with Crippen LogP contribution in [0.15, 0.2) is 72.8 Å². The van der Waals surface area contributed by atoms with Crippen molar-refractivity contribution in [3.63, 3.8) is 0 Å². The summed E-state index contributed by atoms with van der Waals surface area (Å²) in [5.41, 5.74) is 8.83. The number of benzene rings is 3. The molecule has 0 bridgehead atoms. The highest BCUT2D eigenvalue weighted by Gasteiger charge is 2.05. The molecule has 0 amide bonds. The van der Waals surface area contributed by atoms with Gasteiger partial charge in [0.05, 0.1) is 0 Å². The van der Waals surface area contributed by atoms with E-state index in [0.29, 0.717) is 0 Å². The minimum absolute atomic E-state index is 0.114. The Labute approximate surface area is 120 Å². The first-order valence-corrected chi connectivity index (χ1v) is 7.11. The van der Waals surface area contributed by atoms with E-state index in [2.05, 4.69) is 54.6 Å². The summed E-state index contributed by atoms with van der Waals surface area (Å²) in [5, 5.41) is 2.60. The largest absolute Gasteiger partial charge is 0.324 e. The minimum atomic E-state index is 0.114. The van der Waals surface area contributed by atoms with Crippen molar-refractivity contribution in [3.8, 4) is 0 Å². The van der Waals surface area contributed by atoms with E-state index in [-0.39, 0.29) is 6.04 Å². The predicted molar refractivity (Wildman–Crippen MR) is 85.6 cm³/mol. The summed E-state index contributed by atoms with van der Waals surface area (Å²) in [4.78, 5) is 0. The average Bonchev–Trinajstić information content (AvgIpc) is 2.53. The molecule has 0 radical (unpaired) electrons. The van der Waals surface area contributed by atoms with Crippen LogP contribution in [0.1, 0.15) is 23.6 Å². The second-order valence-electron chi connectivity index (χ2n) is 5.24. The smallest absolute Gasteiger partial charge is 0.0298 e. The summed E-state index contributed by atoms with van der Waals surface area (Å²) in [6, 6.07) is 25.6. The van der Waals surface area contributed by atoms with Crippen LogP contribution in [0.25, 0.3) is 10.8 Å². The van der Waals surface area contributed by atoms with Crippen molar-refractivity contribution >= 4 is 10.8 Å². The molecule has 0 spiro atoms. The van der Waals surface area contributed by atoms with Crippen LogP contribution in [0.2, 0.25) is 0 Å². The van der Waals surface area contributed by atoms with Gasteiger partial charge in [0.1, 0.15) is 0 Å². The average molecular weight is 261 g/mol. The molecule has 0 saturated heterocycles. The molecule has 0 fully saturated rings. The van der Waals surface area contributed by atoms with Crippen LogP contribution in [-0.2, 0) is 6.42 Å². The molecule has 20 heavy (non-hydrogen) atoms. The molecule has 1 unspecified atom stereocenters. The summed E-state index contributed by atoms with van der Waals surface area (Å²) < 4.78 is 0. The first kappa shape index (κ1) is 12.9. The van der Waals surface area contributed by atoms with E-state index in [9.17, 15) is 0 Å². The third-order valence-corrected chi connectivity index (χ3v) is 3.79. The van der Waals surface area contributed by atoms with Crippen molar-refractivity contribution in [1.82, 2.24) is 0 Å². The Morgan fingerprint density at radius 3 is 2.25 bits per heavy atom. The summed E-state index contributed by atoms with van der Waals surface area (Å²) >= 11 is 0. The van der Waals surface area contributed by atoms with Crippen molar-refractivity contribution in [1.29, 1.82) is 0 Å². The zero-order valence-electron chi connectivity index (χ0n) is 11.5. The standard InChI is InChI=1S/C19H19N/c20-19(17-7-2-1-3-8-17)13-11-15-10-12-16-6-4-5-9-18(16)14-15/h1-10,12,14,19H,11,13,20H2. The molecule has 1 nitrogen and oxygen atoms in total. The van der Waals surface area contributed by atoms with E-state index < -0.39 is 0 Å². The Hall–Kier alpha value is -2.12. The van der Waals surface area contributed by atoms with Gasteiger partial charge in [0.15, 0.2) is 0 Å². The molecule has 0 aliphatic heterocycles. The van der Waals surface area contributed by atoms with Crippen LogP contribution in [0.4, 0.5) is 0 Å². The molecular weight excluding hydrogens is 242 g/mol. The molecule has 0 heterocycles. The zero-order valence-corrected chi connectivity index (χ0v) is 11.5. The van der Waals surface area contributed by atoms with Gasteiger partial charge in [-0.2, -0.15) is 0 Å². The van der Waals surface area contributed by atoms with Gasteiger partial charge in [-0.05, 0) is 34.7 Å². The fourth-order valence-electron chi connectivity index (χ4n) is 2.58. The molecule has 1 atom stereocenters.